The fourth-order valence-corrected chi connectivity index (χ4v) is 4.50. The highest BCUT2D eigenvalue weighted by molar-refractivity contribution is 5.97. The normalized spacial score (nSPS) is 10.7. The number of amides is 3. The summed E-state index contributed by atoms with van der Waals surface area (Å²) in [7, 11) is 3.09. The molecule has 0 fully saturated rings. The minimum Gasteiger partial charge on any atom is -0.497 e. The number of anilines is 2. The van der Waals surface area contributed by atoms with E-state index in [1.165, 1.54) is 12.0 Å². The van der Waals surface area contributed by atoms with Gasteiger partial charge >= 0.3 is 6.03 Å². The highest BCUT2D eigenvalue weighted by Crippen LogP contribution is 2.30. The van der Waals surface area contributed by atoms with Crippen molar-refractivity contribution < 1.29 is 19.1 Å². The Morgan fingerprint density at radius 3 is 2.39 bits per heavy atom. The van der Waals surface area contributed by atoms with Gasteiger partial charge in [0.05, 0.1) is 31.3 Å². The Bertz CT molecular complexity index is 1500. The molecule has 4 rings (SSSR count). The van der Waals surface area contributed by atoms with Crippen molar-refractivity contribution in [1.82, 2.24) is 14.7 Å². The summed E-state index contributed by atoms with van der Waals surface area (Å²) in [6, 6.07) is 22.5. The van der Waals surface area contributed by atoms with Gasteiger partial charge in [-0.15, -0.1) is 0 Å². The minimum absolute atomic E-state index is 0.136. The van der Waals surface area contributed by atoms with Crippen LogP contribution in [0.25, 0.3) is 16.9 Å². The maximum Gasteiger partial charge on any atom is 0.322 e. The van der Waals surface area contributed by atoms with Gasteiger partial charge in [0.25, 0.3) is 0 Å². The molecular formula is C32H37N5O4. The number of urea groups is 1. The Morgan fingerprint density at radius 1 is 0.927 bits per heavy atom. The van der Waals surface area contributed by atoms with Crippen LogP contribution >= 0.6 is 0 Å². The van der Waals surface area contributed by atoms with Crippen molar-refractivity contribution in [2.75, 3.05) is 37.9 Å². The summed E-state index contributed by atoms with van der Waals surface area (Å²) in [4.78, 5) is 28.2. The van der Waals surface area contributed by atoms with Gasteiger partial charge in [0, 0.05) is 24.2 Å². The third-order valence-electron chi connectivity index (χ3n) is 6.68. The Morgan fingerprint density at radius 2 is 1.71 bits per heavy atom. The number of nitrogens with one attached hydrogen (secondary N) is 2. The number of nitrogens with zero attached hydrogens (tertiary/aromatic N) is 3. The van der Waals surface area contributed by atoms with Gasteiger partial charge in [-0.3, -0.25) is 4.79 Å². The van der Waals surface area contributed by atoms with Crippen LogP contribution in [0.1, 0.15) is 30.9 Å². The molecule has 214 valence electrons. The number of carbonyl (C=O) groups excluding carboxylic acids is 2. The smallest absolute Gasteiger partial charge is 0.322 e. The summed E-state index contributed by atoms with van der Waals surface area (Å²) in [5, 5.41) is 10.7. The molecule has 1 heterocycles. The highest BCUT2D eigenvalue weighted by Gasteiger charge is 2.21. The summed E-state index contributed by atoms with van der Waals surface area (Å²) in [6.07, 6.45) is 1.62. The molecule has 0 aliphatic rings. The molecule has 0 atom stereocenters. The zero-order chi connectivity index (χ0) is 29.4. The number of aromatic nitrogens is 2. The van der Waals surface area contributed by atoms with Crippen molar-refractivity contribution in [3.8, 4) is 28.4 Å². The number of benzene rings is 3. The SMILES string of the molecule is CCCCN(CC(=O)Nc1cc(-c2ccccc2)nn1-c1ccc(C)cc1C)C(=O)Nc1ccc(OC)cc1OC. The lowest BCUT2D eigenvalue weighted by molar-refractivity contribution is -0.116. The molecule has 0 aliphatic heterocycles. The number of unbranched alkanes of at least 4 members (excludes halogenated alkanes) is 1. The van der Waals surface area contributed by atoms with Crippen molar-refractivity contribution in [2.24, 2.45) is 0 Å². The molecule has 0 unspecified atom stereocenters. The Balaban J connectivity index is 1.58. The van der Waals surface area contributed by atoms with Crippen molar-refractivity contribution in [3.63, 3.8) is 0 Å². The van der Waals surface area contributed by atoms with Gasteiger partial charge in [0.1, 0.15) is 23.9 Å². The lowest BCUT2D eigenvalue weighted by Gasteiger charge is -2.23. The second-order valence-corrected chi connectivity index (χ2v) is 9.80. The maximum atomic E-state index is 13.4. The third-order valence-corrected chi connectivity index (χ3v) is 6.68. The summed E-state index contributed by atoms with van der Waals surface area (Å²) >= 11 is 0. The van der Waals surface area contributed by atoms with Crippen LogP contribution in [-0.4, -0.2) is 53.9 Å². The summed E-state index contributed by atoms with van der Waals surface area (Å²) in [6.45, 7) is 6.37. The van der Waals surface area contributed by atoms with Gasteiger partial charge in [-0.2, -0.15) is 5.10 Å². The van der Waals surface area contributed by atoms with Crippen LogP contribution in [-0.2, 0) is 4.79 Å². The van der Waals surface area contributed by atoms with Crippen molar-refractivity contribution in [3.05, 3.63) is 83.9 Å². The van der Waals surface area contributed by atoms with Crippen LogP contribution in [0.5, 0.6) is 11.5 Å². The fraction of sp³-hybridized carbons (Fsp3) is 0.281. The molecule has 3 amide bonds. The minimum atomic E-state index is -0.398. The molecule has 0 bridgehead atoms. The molecule has 41 heavy (non-hydrogen) atoms. The van der Waals surface area contributed by atoms with Gasteiger partial charge < -0.3 is 25.0 Å². The monoisotopic (exact) mass is 555 g/mol. The zero-order valence-corrected chi connectivity index (χ0v) is 24.2. The lowest BCUT2D eigenvalue weighted by atomic mass is 10.1. The molecule has 3 aromatic carbocycles. The van der Waals surface area contributed by atoms with Gasteiger partial charge in [0.2, 0.25) is 5.91 Å². The molecule has 0 radical (unpaired) electrons. The van der Waals surface area contributed by atoms with Gasteiger partial charge in [0.15, 0.2) is 0 Å². The Labute approximate surface area is 241 Å². The van der Waals surface area contributed by atoms with Gasteiger partial charge in [-0.25, -0.2) is 9.48 Å². The molecule has 4 aromatic rings. The van der Waals surface area contributed by atoms with Gasteiger partial charge in [-0.1, -0.05) is 61.4 Å². The van der Waals surface area contributed by atoms with Gasteiger partial charge in [-0.05, 0) is 44.0 Å². The van der Waals surface area contributed by atoms with E-state index in [-0.39, 0.29) is 12.5 Å². The van der Waals surface area contributed by atoms with E-state index < -0.39 is 6.03 Å². The average molecular weight is 556 g/mol. The number of carbonyl (C=O) groups is 2. The number of aryl methyl sites for hydroxylation is 2. The summed E-state index contributed by atoms with van der Waals surface area (Å²) in [5.41, 5.74) is 5.18. The first-order valence-electron chi connectivity index (χ1n) is 13.6. The molecule has 9 nitrogen and oxygen atoms in total. The number of hydrogen-bond acceptors (Lipinski definition) is 5. The second-order valence-electron chi connectivity index (χ2n) is 9.80. The molecular weight excluding hydrogens is 518 g/mol. The zero-order valence-electron chi connectivity index (χ0n) is 24.2. The van der Waals surface area contributed by atoms with E-state index in [0.717, 1.165) is 40.9 Å². The van der Waals surface area contributed by atoms with E-state index >= 15 is 0 Å². The molecule has 1 aromatic heterocycles. The first-order valence-corrected chi connectivity index (χ1v) is 13.6. The Kier molecular flexibility index (Phi) is 9.63. The van der Waals surface area contributed by atoms with Crippen LogP contribution in [0.4, 0.5) is 16.3 Å². The fourth-order valence-electron chi connectivity index (χ4n) is 4.50. The van der Waals surface area contributed by atoms with Crippen LogP contribution in [0.15, 0.2) is 72.8 Å². The number of ether oxygens (including phenoxy) is 2. The van der Waals surface area contributed by atoms with E-state index in [4.69, 9.17) is 14.6 Å². The molecule has 0 saturated heterocycles. The number of hydrogen-bond donors (Lipinski definition) is 2. The maximum absolute atomic E-state index is 13.4. The van der Waals surface area contributed by atoms with E-state index in [1.807, 2.05) is 69.3 Å². The summed E-state index contributed by atoms with van der Waals surface area (Å²) < 4.78 is 12.4. The van der Waals surface area contributed by atoms with E-state index in [1.54, 1.807) is 30.0 Å². The predicted octanol–water partition coefficient (Wildman–Crippen LogP) is 6.45. The summed E-state index contributed by atoms with van der Waals surface area (Å²) in [5.74, 6) is 1.26. The average Bonchev–Trinajstić information content (AvgIpc) is 3.38. The van der Waals surface area contributed by atoms with Crippen molar-refractivity contribution in [1.29, 1.82) is 0 Å². The molecule has 2 N–H and O–H groups in total. The highest BCUT2D eigenvalue weighted by atomic mass is 16.5. The van der Waals surface area contributed by atoms with Crippen molar-refractivity contribution >= 4 is 23.4 Å². The van der Waals surface area contributed by atoms with Crippen molar-refractivity contribution in [2.45, 2.75) is 33.6 Å². The van der Waals surface area contributed by atoms with E-state index in [0.29, 0.717) is 29.5 Å². The van der Waals surface area contributed by atoms with Crippen LogP contribution < -0.4 is 20.1 Å². The first-order chi connectivity index (χ1) is 19.8. The largest absolute Gasteiger partial charge is 0.497 e. The third kappa shape index (κ3) is 7.25. The topological polar surface area (TPSA) is 97.7 Å². The van der Waals surface area contributed by atoms with Crippen LogP contribution in [0.3, 0.4) is 0 Å². The quantitative estimate of drug-likeness (QED) is 0.222. The lowest BCUT2D eigenvalue weighted by Crippen LogP contribution is -2.41. The predicted molar refractivity (Wildman–Crippen MR) is 162 cm³/mol. The Hall–Kier alpha value is -4.79. The molecule has 9 heteroatoms. The standard InChI is InChI=1S/C32H37N5O4/c1-6-7-17-36(32(39)33-26-15-14-25(40-4)19-29(26)41-5)21-31(38)34-30-20-27(24-11-9-8-10-12-24)35-37(30)28-16-13-22(2)18-23(28)3/h8-16,18-20H,6-7,17,21H2,1-5H3,(H,33,39)(H,34,38). The van der Waals surface area contributed by atoms with Crippen LogP contribution in [0.2, 0.25) is 0 Å². The molecule has 0 aliphatic carbocycles. The number of rotatable bonds is 11. The number of methoxy groups -OCH3 is 2. The van der Waals surface area contributed by atoms with E-state index in [9.17, 15) is 9.59 Å². The first kappa shape index (κ1) is 29.2. The van der Waals surface area contributed by atoms with E-state index in [2.05, 4.69) is 16.7 Å². The molecule has 0 saturated carbocycles. The van der Waals surface area contributed by atoms with Crippen LogP contribution in [0, 0.1) is 13.8 Å². The second kappa shape index (κ2) is 13.5. The molecule has 0 spiro atoms.